The van der Waals surface area contributed by atoms with Crippen molar-refractivity contribution in [3.63, 3.8) is 0 Å². The average molecular weight is 200 g/mol. The highest BCUT2D eigenvalue weighted by atomic mass is 16.3. The lowest BCUT2D eigenvalue weighted by Crippen LogP contribution is -2.60. The fourth-order valence-corrected chi connectivity index (χ4v) is 2.13. The number of rotatable bonds is 2. The first-order valence-corrected chi connectivity index (χ1v) is 5.49. The van der Waals surface area contributed by atoms with E-state index < -0.39 is 5.60 Å². The summed E-state index contributed by atoms with van der Waals surface area (Å²) in [6.07, 6.45) is 0. The maximum absolute atomic E-state index is 10.0. The third-order valence-electron chi connectivity index (χ3n) is 3.23. The zero-order valence-electron chi connectivity index (χ0n) is 10.1. The lowest BCUT2D eigenvalue weighted by atomic mass is 9.95. The van der Waals surface area contributed by atoms with Crippen molar-refractivity contribution >= 4 is 0 Å². The van der Waals surface area contributed by atoms with Gasteiger partial charge in [-0.3, -0.25) is 9.80 Å². The van der Waals surface area contributed by atoms with Crippen LogP contribution in [0, 0.1) is 0 Å². The molecule has 1 aliphatic heterocycles. The largest absolute Gasteiger partial charge is 0.389 e. The molecule has 1 heterocycles. The Kier molecular flexibility index (Phi) is 3.56. The lowest BCUT2D eigenvalue weighted by molar-refractivity contribution is -0.0526. The van der Waals surface area contributed by atoms with Gasteiger partial charge in [0, 0.05) is 25.7 Å². The molecule has 0 aromatic carbocycles. The van der Waals surface area contributed by atoms with Crippen LogP contribution in [0.2, 0.25) is 0 Å². The topological polar surface area (TPSA) is 26.7 Å². The molecule has 0 unspecified atom stereocenters. The smallest absolute Gasteiger partial charge is 0.0758 e. The van der Waals surface area contributed by atoms with Crippen LogP contribution in [0.5, 0.6) is 0 Å². The van der Waals surface area contributed by atoms with Crippen LogP contribution in [0.25, 0.3) is 0 Å². The Bertz CT molecular complexity index is 186. The maximum Gasteiger partial charge on any atom is 0.0758 e. The van der Waals surface area contributed by atoms with Gasteiger partial charge in [0.1, 0.15) is 0 Å². The maximum atomic E-state index is 10.0. The van der Waals surface area contributed by atoms with Gasteiger partial charge in [0.2, 0.25) is 0 Å². The van der Waals surface area contributed by atoms with Gasteiger partial charge in [-0.1, -0.05) is 0 Å². The van der Waals surface area contributed by atoms with Gasteiger partial charge in [0.15, 0.2) is 0 Å². The van der Waals surface area contributed by atoms with Crippen LogP contribution in [0.4, 0.5) is 0 Å². The van der Waals surface area contributed by atoms with Gasteiger partial charge >= 0.3 is 0 Å². The van der Waals surface area contributed by atoms with Gasteiger partial charge in [0.05, 0.1) is 11.6 Å². The number of hydrogen-bond donors (Lipinski definition) is 1. The summed E-state index contributed by atoms with van der Waals surface area (Å²) in [7, 11) is 2.10. The number of piperazine rings is 1. The summed E-state index contributed by atoms with van der Waals surface area (Å²) in [6.45, 7) is 11.4. The van der Waals surface area contributed by atoms with E-state index >= 15 is 0 Å². The lowest BCUT2D eigenvalue weighted by Gasteiger charge is -2.46. The molecule has 0 radical (unpaired) electrons. The predicted octanol–water partition coefficient (Wildman–Crippen LogP) is 0.782. The van der Waals surface area contributed by atoms with Crippen LogP contribution < -0.4 is 0 Å². The van der Waals surface area contributed by atoms with E-state index in [1.807, 2.05) is 13.8 Å². The number of aliphatic hydroxyl groups is 1. The number of likely N-dealkylation sites (N-methyl/N-ethyl adjacent to an activating group) is 1. The Morgan fingerprint density at radius 2 is 1.86 bits per heavy atom. The first-order valence-electron chi connectivity index (χ1n) is 5.49. The fraction of sp³-hybridized carbons (Fsp3) is 1.00. The van der Waals surface area contributed by atoms with Crippen LogP contribution >= 0.6 is 0 Å². The first-order chi connectivity index (χ1) is 6.32. The van der Waals surface area contributed by atoms with E-state index in [0.29, 0.717) is 6.04 Å². The molecule has 1 fully saturated rings. The molecule has 84 valence electrons. The van der Waals surface area contributed by atoms with Gasteiger partial charge in [-0.05, 0) is 34.7 Å². The van der Waals surface area contributed by atoms with Crippen LogP contribution in [-0.4, -0.2) is 59.3 Å². The van der Waals surface area contributed by atoms with Crippen molar-refractivity contribution in [3.8, 4) is 0 Å². The van der Waals surface area contributed by atoms with E-state index in [9.17, 15) is 5.11 Å². The fourth-order valence-electron chi connectivity index (χ4n) is 2.13. The van der Waals surface area contributed by atoms with E-state index in [1.165, 1.54) is 0 Å². The van der Waals surface area contributed by atoms with Crippen molar-refractivity contribution < 1.29 is 5.11 Å². The molecule has 1 N–H and O–H groups in total. The molecule has 0 aliphatic carbocycles. The Balaban J connectivity index is 2.65. The van der Waals surface area contributed by atoms with E-state index in [-0.39, 0.29) is 6.04 Å². The SMILES string of the molecule is CC(C)N1CCN(C)[C@H](C(C)(C)O)C1. The molecule has 14 heavy (non-hydrogen) atoms. The summed E-state index contributed by atoms with van der Waals surface area (Å²) in [6, 6.07) is 0.826. The molecule has 0 spiro atoms. The minimum atomic E-state index is -0.609. The molecule has 0 aromatic heterocycles. The van der Waals surface area contributed by atoms with Crippen molar-refractivity contribution in [1.29, 1.82) is 0 Å². The van der Waals surface area contributed by atoms with Crippen molar-refractivity contribution in [2.24, 2.45) is 0 Å². The van der Waals surface area contributed by atoms with Gasteiger partial charge in [-0.15, -0.1) is 0 Å². The highest BCUT2D eigenvalue weighted by molar-refractivity contribution is 4.91. The third kappa shape index (κ3) is 2.69. The quantitative estimate of drug-likeness (QED) is 0.713. The molecule has 0 aromatic rings. The molecule has 1 aliphatic rings. The summed E-state index contributed by atoms with van der Waals surface area (Å²) in [5.41, 5.74) is -0.609. The zero-order chi connectivity index (χ0) is 10.9. The summed E-state index contributed by atoms with van der Waals surface area (Å²) in [5, 5.41) is 10.0. The Hall–Kier alpha value is -0.120. The summed E-state index contributed by atoms with van der Waals surface area (Å²) in [4.78, 5) is 4.70. The molecule has 0 bridgehead atoms. The second-order valence-corrected chi connectivity index (χ2v) is 5.24. The van der Waals surface area contributed by atoms with E-state index in [2.05, 4.69) is 30.7 Å². The van der Waals surface area contributed by atoms with Crippen molar-refractivity contribution in [1.82, 2.24) is 9.80 Å². The normalized spacial score (nSPS) is 27.2. The number of nitrogens with zero attached hydrogens (tertiary/aromatic N) is 2. The highest BCUT2D eigenvalue weighted by Gasteiger charge is 2.35. The van der Waals surface area contributed by atoms with Gasteiger partial charge in [0.25, 0.3) is 0 Å². The monoisotopic (exact) mass is 200 g/mol. The second kappa shape index (κ2) is 4.17. The molecule has 3 nitrogen and oxygen atoms in total. The first kappa shape index (κ1) is 12.0. The van der Waals surface area contributed by atoms with Crippen LogP contribution in [-0.2, 0) is 0 Å². The van der Waals surface area contributed by atoms with E-state index in [4.69, 9.17) is 0 Å². The van der Waals surface area contributed by atoms with E-state index in [0.717, 1.165) is 19.6 Å². The number of hydrogen-bond acceptors (Lipinski definition) is 3. The minimum absolute atomic E-state index is 0.249. The molecule has 0 amide bonds. The molecule has 0 saturated carbocycles. The summed E-state index contributed by atoms with van der Waals surface area (Å²) >= 11 is 0. The van der Waals surface area contributed by atoms with Crippen molar-refractivity contribution in [2.75, 3.05) is 26.7 Å². The van der Waals surface area contributed by atoms with Crippen molar-refractivity contribution in [2.45, 2.75) is 45.4 Å². The Morgan fingerprint density at radius 1 is 1.29 bits per heavy atom. The van der Waals surface area contributed by atoms with Crippen LogP contribution in [0.3, 0.4) is 0 Å². The predicted molar refractivity (Wildman–Crippen MR) is 59.4 cm³/mol. The third-order valence-corrected chi connectivity index (χ3v) is 3.23. The highest BCUT2D eigenvalue weighted by Crippen LogP contribution is 2.20. The molecular weight excluding hydrogens is 176 g/mol. The average Bonchev–Trinajstić information content (AvgIpc) is 2.02. The van der Waals surface area contributed by atoms with Crippen molar-refractivity contribution in [3.05, 3.63) is 0 Å². The van der Waals surface area contributed by atoms with Crippen LogP contribution in [0.1, 0.15) is 27.7 Å². The van der Waals surface area contributed by atoms with Gasteiger partial charge < -0.3 is 5.11 Å². The summed E-state index contributed by atoms with van der Waals surface area (Å²) < 4.78 is 0. The van der Waals surface area contributed by atoms with Crippen LogP contribution in [0.15, 0.2) is 0 Å². The molecule has 3 heteroatoms. The molecule has 1 saturated heterocycles. The summed E-state index contributed by atoms with van der Waals surface area (Å²) in [5.74, 6) is 0. The minimum Gasteiger partial charge on any atom is -0.389 e. The molecular formula is C11H24N2O. The van der Waals surface area contributed by atoms with Gasteiger partial charge in [-0.25, -0.2) is 0 Å². The standard InChI is InChI=1S/C11H24N2O/c1-9(2)13-7-6-12(5)10(8-13)11(3,4)14/h9-10,14H,6-8H2,1-5H3/t10-/m0/s1. The Labute approximate surface area is 87.7 Å². The second-order valence-electron chi connectivity index (χ2n) is 5.24. The zero-order valence-corrected chi connectivity index (χ0v) is 10.1. The Morgan fingerprint density at radius 3 is 2.29 bits per heavy atom. The van der Waals surface area contributed by atoms with Gasteiger partial charge in [-0.2, -0.15) is 0 Å². The van der Waals surface area contributed by atoms with E-state index in [1.54, 1.807) is 0 Å². The molecule has 1 atom stereocenters. The molecule has 1 rings (SSSR count).